The topological polar surface area (TPSA) is 148 Å². The van der Waals surface area contributed by atoms with Crippen LogP contribution < -0.4 is 11.5 Å². The van der Waals surface area contributed by atoms with Gasteiger partial charge in [0.05, 0.1) is 25.7 Å². The van der Waals surface area contributed by atoms with Crippen molar-refractivity contribution in [1.29, 1.82) is 0 Å². The molecule has 1 fully saturated rings. The lowest BCUT2D eigenvalue weighted by Crippen LogP contribution is -2.61. The largest absolute Gasteiger partial charge is 0.486 e. The molecule has 0 bridgehead atoms. The molecule has 1 amide bonds. The Morgan fingerprint density at radius 1 is 1.42 bits per heavy atom. The fourth-order valence-corrected chi connectivity index (χ4v) is 2.62. The maximum absolute atomic E-state index is 12.1. The lowest BCUT2D eigenvalue weighted by molar-refractivity contribution is -0.144. The summed E-state index contributed by atoms with van der Waals surface area (Å²) in [6.45, 7) is 2.03. The molecule has 6 N–H and O–H groups in total. The molecule has 2 aliphatic rings. The number of ether oxygens (including phenoxy) is 1. The zero-order valence-corrected chi connectivity index (χ0v) is 14.8. The van der Waals surface area contributed by atoms with Crippen molar-refractivity contribution >= 4 is 19.0 Å². The molecule has 2 rings (SSSR count). The standard InChI is InChI=1S/C16H26BN3O6/c1-10(18)14(19)15(21)20-7-11(8-20)26-13-5-3-2-4-6-17(24)25-9-12(13)16(22)23/h3,5,10-11,14,24H,2,4,6-9,18-19H2,1H3,(H,22,23). The van der Waals surface area contributed by atoms with Gasteiger partial charge in [0.2, 0.25) is 5.91 Å². The molecule has 0 aromatic rings. The smallest absolute Gasteiger partial charge is 0.454 e. The van der Waals surface area contributed by atoms with Crippen LogP contribution in [0.25, 0.3) is 0 Å². The highest BCUT2D eigenvalue weighted by Crippen LogP contribution is 2.21. The highest BCUT2D eigenvalue weighted by Gasteiger charge is 2.36. The van der Waals surface area contributed by atoms with Crippen molar-refractivity contribution in [3.05, 3.63) is 23.5 Å². The molecule has 9 nitrogen and oxygen atoms in total. The number of allylic oxidation sites excluding steroid dienone is 2. The molecule has 0 spiro atoms. The van der Waals surface area contributed by atoms with Crippen molar-refractivity contribution in [2.75, 3.05) is 19.7 Å². The van der Waals surface area contributed by atoms with E-state index < -0.39 is 25.2 Å². The minimum Gasteiger partial charge on any atom is -0.486 e. The number of hydrogen-bond donors (Lipinski definition) is 4. The van der Waals surface area contributed by atoms with Crippen LogP contribution in [0.2, 0.25) is 6.32 Å². The molecule has 2 heterocycles. The molecule has 2 aliphatic heterocycles. The molecule has 0 aliphatic carbocycles. The minimum absolute atomic E-state index is 0.0701. The lowest BCUT2D eigenvalue weighted by Gasteiger charge is -2.41. The number of nitrogens with two attached hydrogens (primary N) is 2. The molecule has 2 atom stereocenters. The maximum atomic E-state index is 12.1. The van der Waals surface area contributed by atoms with Gasteiger partial charge in [-0.05, 0) is 25.7 Å². The van der Waals surface area contributed by atoms with Gasteiger partial charge in [-0.3, -0.25) is 4.79 Å². The Kier molecular flexibility index (Phi) is 7.21. The molecule has 26 heavy (non-hydrogen) atoms. The second-order valence-electron chi connectivity index (χ2n) is 6.61. The van der Waals surface area contributed by atoms with Crippen molar-refractivity contribution in [3.8, 4) is 0 Å². The summed E-state index contributed by atoms with van der Waals surface area (Å²) >= 11 is 0. The van der Waals surface area contributed by atoms with Crippen LogP contribution in [0.5, 0.6) is 0 Å². The second kappa shape index (κ2) is 9.18. The van der Waals surface area contributed by atoms with E-state index >= 15 is 0 Å². The summed E-state index contributed by atoms with van der Waals surface area (Å²) in [5, 5.41) is 19.1. The van der Waals surface area contributed by atoms with Crippen LogP contribution in [0, 0.1) is 0 Å². The molecular formula is C16H26BN3O6. The zero-order valence-electron chi connectivity index (χ0n) is 14.8. The Morgan fingerprint density at radius 3 is 2.73 bits per heavy atom. The number of carbonyl (C=O) groups excluding carboxylic acids is 1. The number of rotatable bonds is 5. The van der Waals surface area contributed by atoms with Crippen molar-refractivity contribution in [2.45, 2.75) is 44.3 Å². The average molecular weight is 367 g/mol. The molecule has 144 valence electrons. The lowest BCUT2D eigenvalue weighted by atomic mass is 9.82. The van der Waals surface area contributed by atoms with E-state index in [2.05, 4.69) is 0 Å². The third-order valence-corrected chi connectivity index (χ3v) is 4.37. The van der Waals surface area contributed by atoms with Gasteiger partial charge in [0, 0.05) is 6.04 Å². The van der Waals surface area contributed by atoms with E-state index in [9.17, 15) is 19.7 Å². The molecule has 2 unspecified atom stereocenters. The van der Waals surface area contributed by atoms with Crippen LogP contribution in [0.3, 0.4) is 0 Å². The first-order valence-corrected chi connectivity index (χ1v) is 8.68. The number of carboxylic acid groups (broad SMARTS) is 1. The number of nitrogens with zero attached hydrogens (tertiary/aromatic N) is 1. The van der Waals surface area contributed by atoms with Crippen LogP contribution in [-0.4, -0.2) is 71.9 Å². The summed E-state index contributed by atoms with van der Waals surface area (Å²) in [5.74, 6) is -1.25. The van der Waals surface area contributed by atoms with Gasteiger partial charge in [-0.2, -0.15) is 0 Å². The normalized spacial score (nSPS) is 21.8. The van der Waals surface area contributed by atoms with E-state index in [0.29, 0.717) is 32.3 Å². The Balaban J connectivity index is 2.03. The van der Waals surface area contributed by atoms with E-state index in [4.69, 9.17) is 20.9 Å². The molecule has 1 saturated heterocycles. The third-order valence-electron chi connectivity index (χ3n) is 4.37. The fraction of sp³-hybridized carbons (Fsp3) is 0.625. The first-order valence-electron chi connectivity index (χ1n) is 8.68. The van der Waals surface area contributed by atoms with E-state index in [-0.39, 0.29) is 30.0 Å². The van der Waals surface area contributed by atoms with E-state index in [0.717, 1.165) is 0 Å². The Bertz CT molecular complexity index is 589. The monoisotopic (exact) mass is 367 g/mol. The van der Waals surface area contributed by atoms with E-state index in [1.807, 2.05) is 6.08 Å². The van der Waals surface area contributed by atoms with Crippen LogP contribution in [-0.2, 0) is 19.0 Å². The van der Waals surface area contributed by atoms with E-state index in [1.54, 1.807) is 13.0 Å². The molecule has 0 aromatic heterocycles. The maximum Gasteiger partial charge on any atom is 0.454 e. The van der Waals surface area contributed by atoms with Crippen molar-refractivity contribution in [1.82, 2.24) is 4.90 Å². The predicted octanol–water partition coefficient (Wildman–Crippen LogP) is -0.926. The van der Waals surface area contributed by atoms with Gasteiger partial charge in [-0.15, -0.1) is 0 Å². The van der Waals surface area contributed by atoms with Gasteiger partial charge >= 0.3 is 13.1 Å². The number of amides is 1. The summed E-state index contributed by atoms with van der Waals surface area (Å²) in [4.78, 5) is 25.2. The highest BCUT2D eigenvalue weighted by molar-refractivity contribution is 6.42. The SMILES string of the molecule is CC(N)C(N)C(=O)N1CC(OC2=C(C(=O)O)COB(O)CCCC=C2)C1. The minimum atomic E-state index is -1.18. The van der Waals surface area contributed by atoms with Gasteiger partial charge < -0.3 is 35.9 Å². The first-order chi connectivity index (χ1) is 12.3. The van der Waals surface area contributed by atoms with Crippen LogP contribution in [0.1, 0.15) is 19.8 Å². The average Bonchev–Trinajstić information content (AvgIpc) is 2.54. The molecule has 0 aromatic carbocycles. The quantitative estimate of drug-likeness (QED) is 0.456. The Hall–Kier alpha value is -1.88. The summed E-state index contributed by atoms with van der Waals surface area (Å²) in [7, 11) is -1.01. The number of aliphatic carboxylic acids is 1. The Labute approximate surface area is 152 Å². The van der Waals surface area contributed by atoms with Crippen LogP contribution >= 0.6 is 0 Å². The predicted molar refractivity (Wildman–Crippen MR) is 94.8 cm³/mol. The van der Waals surface area contributed by atoms with Crippen molar-refractivity contribution in [2.24, 2.45) is 11.5 Å². The number of likely N-dealkylation sites (tertiary alicyclic amines) is 1. The molecular weight excluding hydrogens is 341 g/mol. The zero-order chi connectivity index (χ0) is 19.3. The molecule has 0 radical (unpaired) electrons. The van der Waals surface area contributed by atoms with Gasteiger partial charge in [0.25, 0.3) is 0 Å². The fourth-order valence-electron chi connectivity index (χ4n) is 2.62. The third kappa shape index (κ3) is 5.31. The van der Waals surface area contributed by atoms with E-state index in [1.165, 1.54) is 4.90 Å². The van der Waals surface area contributed by atoms with Crippen molar-refractivity contribution in [3.63, 3.8) is 0 Å². The van der Waals surface area contributed by atoms with Crippen LogP contribution in [0.15, 0.2) is 23.5 Å². The van der Waals surface area contributed by atoms with Gasteiger partial charge in [-0.1, -0.05) is 12.5 Å². The van der Waals surface area contributed by atoms with Gasteiger partial charge in [0.1, 0.15) is 17.4 Å². The molecule has 0 saturated carbocycles. The summed E-state index contributed by atoms with van der Waals surface area (Å²) in [6.07, 6.45) is 4.91. The van der Waals surface area contributed by atoms with Crippen molar-refractivity contribution < 1.29 is 29.1 Å². The summed E-state index contributed by atoms with van der Waals surface area (Å²) in [6, 6.07) is -1.22. The molecule has 10 heteroatoms. The first kappa shape index (κ1) is 20.4. The van der Waals surface area contributed by atoms with Crippen LogP contribution in [0.4, 0.5) is 0 Å². The van der Waals surface area contributed by atoms with Gasteiger partial charge in [0.15, 0.2) is 0 Å². The summed E-state index contributed by atoms with van der Waals surface area (Å²) < 4.78 is 11.0. The number of carboxylic acids is 1. The highest BCUT2D eigenvalue weighted by atomic mass is 16.5. The number of carbonyl (C=O) groups is 2. The Morgan fingerprint density at radius 2 is 2.12 bits per heavy atom. The summed E-state index contributed by atoms with van der Waals surface area (Å²) in [5.41, 5.74) is 11.3. The van der Waals surface area contributed by atoms with Gasteiger partial charge in [-0.25, -0.2) is 4.79 Å². The second-order valence-corrected chi connectivity index (χ2v) is 6.61. The number of hydrogen-bond acceptors (Lipinski definition) is 7.